The Labute approximate surface area is 93.7 Å². The topological polar surface area (TPSA) is 34.9 Å². The lowest BCUT2D eigenvalue weighted by molar-refractivity contribution is -0.117. The van der Waals surface area contributed by atoms with Crippen LogP contribution in [0.5, 0.6) is 0 Å². The Kier molecular flexibility index (Phi) is 1.93. The first-order valence-electron chi connectivity index (χ1n) is 5.35. The van der Waals surface area contributed by atoms with Gasteiger partial charge in [0.1, 0.15) is 5.78 Å². The molecule has 1 aliphatic rings. The van der Waals surface area contributed by atoms with Gasteiger partial charge in [0.2, 0.25) is 0 Å². The Bertz CT molecular complexity index is 569. The molecule has 3 rings (SSSR count). The highest BCUT2D eigenvalue weighted by Gasteiger charge is 2.18. The molecule has 1 aliphatic carbocycles. The zero-order chi connectivity index (χ0) is 11.1. The molecule has 0 atom stereocenters. The summed E-state index contributed by atoms with van der Waals surface area (Å²) in [6.45, 7) is 0. The number of ketones is 1. The van der Waals surface area contributed by atoms with E-state index in [1.54, 1.807) is 4.68 Å². The van der Waals surface area contributed by atoms with Crippen molar-refractivity contribution in [1.29, 1.82) is 0 Å². The number of benzene rings is 1. The van der Waals surface area contributed by atoms with E-state index in [2.05, 4.69) is 23.3 Å². The molecule has 0 saturated heterocycles. The lowest BCUT2D eigenvalue weighted by atomic mass is 10.0. The van der Waals surface area contributed by atoms with Gasteiger partial charge in [0.25, 0.3) is 0 Å². The normalized spacial score (nSPS) is 14.2. The van der Waals surface area contributed by atoms with Crippen LogP contribution in [0.2, 0.25) is 0 Å². The smallest absolute Gasteiger partial charge is 0.141 e. The summed E-state index contributed by atoms with van der Waals surface area (Å²) in [4.78, 5) is 11.3. The summed E-state index contributed by atoms with van der Waals surface area (Å²) in [7, 11) is 1.90. The van der Waals surface area contributed by atoms with E-state index in [0.717, 1.165) is 11.1 Å². The van der Waals surface area contributed by atoms with Crippen molar-refractivity contribution in [2.24, 2.45) is 7.05 Å². The predicted octanol–water partition coefficient (Wildman–Crippen LogP) is 1.75. The minimum Gasteiger partial charge on any atom is -0.299 e. The molecule has 0 amide bonds. The molecule has 3 nitrogen and oxygen atoms in total. The molecule has 3 heteroatoms. The van der Waals surface area contributed by atoms with Gasteiger partial charge >= 0.3 is 0 Å². The maximum atomic E-state index is 11.3. The number of rotatable bonds is 1. The Morgan fingerprint density at radius 2 is 2.00 bits per heavy atom. The van der Waals surface area contributed by atoms with E-state index in [-0.39, 0.29) is 0 Å². The molecule has 0 unspecified atom stereocenters. The zero-order valence-electron chi connectivity index (χ0n) is 9.10. The molecule has 1 aromatic carbocycles. The second-order valence-electron chi connectivity index (χ2n) is 4.28. The van der Waals surface area contributed by atoms with Crippen molar-refractivity contribution < 1.29 is 4.79 Å². The molecule has 0 N–H and O–H groups in total. The number of hydrogen-bond donors (Lipinski definition) is 0. The molecule has 0 fully saturated rings. The summed E-state index contributed by atoms with van der Waals surface area (Å²) in [6.07, 6.45) is 5.02. The van der Waals surface area contributed by atoms with Crippen molar-refractivity contribution in [2.45, 2.75) is 12.8 Å². The Morgan fingerprint density at radius 3 is 2.75 bits per heavy atom. The third kappa shape index (κ3) is 1.45. The molecule has 16 heavy (non-hydrogen) atoms. The molecule has 80 valence electrons. The summed E-state index contributed by atoms with van der Waals surface area (Å²) in [5, 5.41) is 4.15. The molecular formula is C13H12N2O. The molecule has 0 radical (unpaired) electrons. The van der Waals surface area contributed by atoms with Crippen LogP contribution in [0, 0.1) is 0 Å². The highest BCUT2D eigenvalue weighted by molar-refractivity contribution is 5.88. The number of hydrogen-bond acceptors (Lipinski definition) is 2. The van der Waals surface area contributed by atoms with Crippen LogP contribution < -0.4 is 0 Å². The van der Waals surface area contributed by atoms with E-state index in [9.17, 15) is 4.79 Å². The summed E-state index contributed by atoms with van der Waals surface area (Å²) in [6, 6.07) is 6.23. The summed E-state index contributed by atoms with van der Waals surface area (Å²) in [5.41, 5.74) is 4.59. The number of aryl methyl sites for hydroxylation is 1. The Morgan fingerprint density at radius 1 is 1.19 bits per heavy atom. The number of fused-ring (bicyclic) bond motifs is 1. The lowest BCUT2D eigenvalue weighted by Gasteiger charge is -2.01. The van der Waals surface area contributed by atoms with Crippen LogP contribution in [0.1, 0.15) is 11.1 Å². The standard InChI is InChI=1S/C13H12N2O/c1-15-8-12(7-14-15)9-2-3-10-5-13(16)6-11(10)4-9/h2-4,7-8H,5-6H2,1H3. The van der Waals surface area contributed by atoms with Crippen molar-refractivity contribution in [1.82, 2.24) is 9.78 Å². The number of nitrogens with zero attached hydrogens (tertiary/aromatic N) is 2. The number of aromatic nitrogens is 2. The van der Waals surface area contributed by atoms with Crippen LogP contribution in [-0.4, -0.2) is 15.6 Å². The highest BCUT2D eigenvalue weighted by atomic mass is 16.1. The minimum absolute atomic E-state index is 0.318. The Hall–Kier alpha value is -1.90. The zero-order valence-corrected chi connectivity index (χ0v) is 9.10. The monoisotopic (exact) mass is 212 g/mol. The molecule has 0 bridgehead atoms. The fourth-order valence-electron chi connectivity index (χ4n) is 2.20. The lowest BCUT2D eigenvalue weighted by Crippen LogP contribution is -1.92. The molecule has 1 heterocycles. The first-order valence-corrected chi connectivity index (χ1v) is 5.35. The first-order chi connectivity index (χ1) is 7.72. The van der Waals surface area contributed by atoms with Gasteiger partial charge in [0, 0.05) is 31.6 Å². The van der Waals surface area contributed by atoms with E-state index in [0.29, 0.717) is 18.6 Å². The van der Waals surface area contributed by atoms with Gasteiger partial charge in [0.05, 0.1) is 6.20 Å². The quantitative estimate of drug-likeness (QED) is 0.722. The summed E-state index contributed by atoms with van der Waals surface area (Å²) < 4.78 is 1.79. The van der Waals surface area contributed by atoms with Gasteiger partial charge in [-0.1, -0.05) is 18.2 Å². The summed E-state index contributed by atoms with van der Waals surface area (Å²) >= 11 is 0. The van der Waals surface area contributed by atoms with E-state index in [1.807, 2.05) is 19.4 Å². The van der Waals surface area contributed by atoms with Crippen LogP contribution in [0.3, 0.4) is 0 Å². The van der Waals surface area contributed by atoms with Gasteiger partial charge < -0.3 is 0 Å². The summed E-state index contributed by atoms with van der Waals surface area (Å²) in [5.74, 6) is 0.318. The van der Waals surface area contributed by atoms with Gasteiger partial charge in [0.15, 0.2) is 0 Å². The van der Waals surface area contributed by atoms with E-state index in [1.165, 1.54) is 11.1 Å². The molecule has 0 spiro atoms. The molecular weight excluding hydrogens is 200 g/mol. The second kappa shape index (κ2) is 3.30. The molecule has 2 aromatic rings. The maximum Gasteiger partial charge on any atom is 0.141 e. The number of carbonyl (C=O) groups excluding carboxylic acids is 1. The fourth-order valence-corrected chi connectivity index (χ4v) is 2.20. The third-order valence-electron chi connectivity index (χ3n) is 3.02. The van der Waals surface area contributed by atoms with Crippen LogP contribution in [0.25, 0.3) is 11.1 Å². The van der Waals surface area contributed by atoms with Crippen LogP contribution in [0.15, 0.2) is 30.6 Å². The van der Waals surface area contributed by atoms with Crippen LogP contribution in [0.4, 0.5) is 0 Å². The molecule has 1 aromatic heterocycles. The Balaban J connectivity index is 2.05. The van der Waals surface area contributed by atoms with Crippen LogP contribution in [-0.2, 0) is 24.7 Å². The van der Waals surface area contributed by atoms with Gasteiger partial charge in [-0.2, -0.15) is 5.10 Å². The maximum absolute atomic E-state index is 11.3. The number of carbonyl (C=O) groups is 1. The van der Waals surface area contributed by atoms with Gasteiger partial charge in [-0.25, -0.2) is 0 Å². The molecule has 0 aliphatic heterocycles. The van der Waals surface area contributed by atoms with Crippen molar-refractivity contribution in [2.75, 3.05) is 0 Å². The SMILES string of the molecule is Cn1cc(-c2ccc3c(c2)CC(=O)C3)cn1. The average molecular weight is 212 g/mol. The first kappa shape index (κ1) is 9.33. The van der Waals surface area contributed by atoms with Crippen molar-refractivity contribution in [3.63, 3.8) is 0 Å². The van der Waals surface area contributed by atoms with E-state index in [4.69, 9.17) is 0 Å². The van der Waals surface area contributed by atoms with E-state index >= 15 is 0 Å². The minimum atomic E-state index is 0.318. The average Bonchev–Trinajstić information content (AvgIpc) is 2.81. The highest BCUT2D eigenvalue weighted by Crippen LogP contribution is 2.26. The third-order valence-corrected chi connectivity index (χ3v) is 3.02. The predicted molar refractivity (Wildman–Crippen MR) is 61.1 cm³/mol. The van der Waals surface area contributed by atoms with Gasteiger partial charge in [-0.3, -0.25) is 9.48 Å². The largest absolute Gasteiger partial charge is 0.299 e. The van der Waals surface area contributed by atoms with Gasteiger partial charge in [-0.05, 0) is 16.7 Å². The van der Waals surface area contributed by atoms with Crippen molar-refractivity contribution in [3.8, 4) is 11.1 Å². The van der Waals surface area contributed by atoms with Crippen molar-refractivity contribution in [3.05, 3.63) is 41.7 Å². The van der Waals surface area contributed by atoms with E-state index < -0.39 is 0 Å². The van der Waals surface area contributed by atoms with Gasteiger partial charge in [-0.15, -0.1) is 0 Å². The van der Waals surface area contributed by atoms with Crippen molar-refractivity contribution >= 4 is 5.78 Å². The second-order valence-corrected chi connectivity index (χ2v) is 4.28. The van der Waals surface area contributed by atoms with Crippen LogP contribution >= 0.6 is 0 Å². The number of Topliss-reactive ketones (excluding diaryl/α,β-unsaturated/α-hetero) is 1. The molecule has 0 saturated carbocycles. The fraction of sp³-hybridized carbons (Fsp3) is 0.231.